The maximum absolute atomic E-state index is 13.2. The summed E-state index contributed by atoms with van der Waals surface area (Å²) in [5.74, 6) is 0.976. The number of carbonyl (C=O) groups excluding carboxylic acids is 1. The molecular weight excluding hydrogens is 374 g/mol. The molecule has 6 nitrogen and oxygen atoms in total. The number of nitrogens with one attached hydrogen (secondary N) is 1. The van der Waals surface area contributed by atoms with Crippen LogP contribution in [0.1, 0.15) is 40.4 Å². The summed E-state index contributed by atoms with van der Waals surface area (Å²) in [5.41, 5.74) is 4.78. The Morgan fingerprint density at radius 3 is 3.00 bits per heavy atom. The van der Waals surface area contributed by atoms with Gasteiger partial charge in [-0.2, -0.15) is 0 Å². The fourth-order valence-electron chi connectivity index (χ4n) is 4.26. The number of pyridine rings is 1. The summed E-state index contributed by atoms with van der Waals surface area (Å²) in [7, 11) is 0. The van der Waals surface area contributed by atoms with E-state index in [1.165, 1.54) is 0 Å². The fraction of sp³-hybridized carbons (Fsp3) is 0.250. The van der Waals surface area contributed by atoms with Gasteiger partial charge in [-0.25, -0.2) is 9.97 Å². The molecule has 6 heteroatoms. The minimum Gasteiger partial charge on any atom is -0.361 e. The number of aromatic amines is 1. The lowest BCUT2D eigenvalue weighted by atomic mass is 9.91. The van der Waals surface area contributed by atoms with E-state index in [-0.39, 0.29) is 11.8 Å². The van der Waals surface area contributed by atoms with Crippen LogP contribution in [-0.2, 0) is 0 Å². The first-order chi connectivity index (χ1) is 14.7. The molecule has 0 saturated carbocycles. The third-order valence-electron chi connectivity index (χ3n) is 5.83. The van der Waals surface area contributed by atoms with Crippen molar-refractivity contribution < 1.29 is 4.79 Å². The highest BCUT2D eigenvalue weighted by Crippen LogP contribution is 2.30. The zero-order chi connectivity index (χ0) is 20.5. The standard InChI is InChI=1S/C24H23N5O/c1-16-13-27-23(19-4-2-9-25-14-19)28-22(16)20-5-3-11-29(15-20)24(30)18-6-7-21-17(12-18)8-10-26-21/h2,4,6-10,12-14,20,26H,3,5,11,15H2,1H3/t20-/m1/s1. The van der Waals surface area contributed by atoms with E-state index >= 15 is 0 Å². The Labute approximate surface area is 175 Å². The molecule has 5 rings (SSSR count). The van der Waals surface area contributed by atoms with Gasteiger partial charge in [-0.3, -0.25) is 9.78 Å². The number of hydrogen-bond acceptors (Lipinski definition) is 4. The molecule has 3 aromatic heterocycles. The number of aryl methyl sites for hydroxylation is 1. The van der Waals surface area contributed by atoms with E-state index in [4.69, 9.17) is 4.98 Å². The molecule has 1 atom stereocenters. The zero-order valence-corrected chi connectivity index (χ0v) is 16.9. The van der Waals surface area contributed by atoms with E-state index in [0.717, 1.165) is 52.7 Å². The minimum atomic E-state index is 0.0852. The van der Waals surface area contributed by atoms with Crippen LogP contribution in [0, 0.1) is 6.92 Å². The van der Waals surface area contributed by atoms with Crippen LogP contribution in [0.25, 0.3) is 22.3 Å². The second kappa shape index (κ2) is 7.71. The quantitative estimate of drug-likeness (QED) is 0.558. The van der Waals surface area contributed by atoms with Gasteiger partial charge in [-0.05, 0) is 61.7 Å². The van der Waals surface area contributed by atoms with Crippen LogP contribution < -0.4 is 0 Å². The summed E-state index contributed by atoms with van der Waals surface area (Å²) in [5, 5.41) is 1.06. The lowest BCUT2D eigenvalue weighted by Gasteiger charge is -2.33. The lowest BCUT2D eigenvalue weighted by molar-refractivity contribution is 0.0706. The molecule has 30 heavy (non-hydrogen) atoms. The molecule has 150 valence electrons. The van der Waals surface area contributed by atoms with Gasteiger partial charge in [-0.1, -0.05) is 0 Å². The Kier molecular flexibility index (Phi) is 4.75. The number of rotatable bonds is 3. The van der Waals surface area contributed by atoms with Crippen LogP contribution in [0.4, 0.5) is 0 Å². The van der Waals surface area contributed by atoms with Crippen LogP contribution in [-0.4, -0.2) is 43.8 Å². The van der Waals surface area contributed by atoms with Gasteiger partial charge in [0.05, 0.1) is 5.69 Å². The zero-order valence-electron chi connectivity index (χ0n) is 16.9. The maximum atomic E-state index is 13.2. The molecule has 1 N–H and O–H groups in total. The molecular formula is C24H23N5O. The Morgan fingerprint density at radius 1 is 1.20 bits per heavy atom. The van der Waals surface area contributed by atoms with E-state index < -0.39 is 0 Å². The summed E-state index contributed by atoms with van der Waals surface area (Å²) in [6.07, 6.45) is 9.29. The molecule has 0 aliphatic carbocycles. The van der Waals surface area contributed by atoms with Crippen molar-refractivity contribution >= 4 is 16.8 Å². The van der Waals surface area contributed by atoms with Crippen LogP contribution >= 0.6 is 0 Å². The van der Waals surface area contributed by atoms with Gasteiger partial charge in [0.25, 0.3) is 5.91 Å². The second-order valence-electron chi connectivity index (χ2n) is 7.87. The molecule has 1 amide bonds. The summed E-state index contributed by atoms with van der Waals surface area (Å²) >= 11 is 0. The molecule has 1 saturated heterocycles. The van der Waals surface area contributed by atoms with Crippen molar-refractivity contribution in [3.8, 4) is 11.4 Å². The monoisotopic (exact) mass is 397 g/mol. The van der Waals surface area contributed by atoms with Gasteiger partial charge in [0.2, 0.25) is 0 Å². The fourth-order valence-corrected chi connectivity index (χ4v) is 4.26. The van der Waals surface area contributed by atoms with Crippen molar-refractivity contribution in [1.29, 1.82) is 0 Å². The van der Waals surface area contributed by atoms with E-state index in [9.17, 15) is 4.79 Å². The number of fused-ring (bicyclic) bond motifs is 1. The molecule has 0 bridgehead atoms. The predicted octanol–water partition coefficient (Wildman–Crippen LogP) is 4.35. The van der Waals surface area contributed by atoms with E-state index in [2.05, 4.69) is 15.0 Å². The van der Waals surface area contributed by atoms with E-state index in [1.807, 2.05) is 60.6 Å². The minimum absolute atomic E-state index is 0.0852. The van der Waals surface area contributed by atoms with Crippen LogP contribution in [0.3, 0.4) is 0 Å². The highest BCUT2D eigenvalue weighted by atomic mass is 16.2. The van der Waals surface area contributed by atoms with Crippen LogP contribution in [0.15, 0.2) is 61.2 Å². The molecule has 1 aromatic carbocycles. The number of H-pyrrole nitrogens is 1. The number of piperidine rings is 1. The van der Waals surface area contributed by atoms with Gasteiger partial charge in [-0.15, -0.1) is 0 Å². The number of hydrogen-bond donors (Lipinski definition) is 1. The summed E-state index contributed by atoms with van der Waals surface area (Å²) in [6, 6.07) is 11.7. The van der Waals surface area contributed by atoms with Crippen molar-refractivity contribution in [3.63, 3.8) is 0 Å². The Morgan fingerprint density at radius 2 is 2.13 bits per heavy atom. The van der Waals surface area contributed by atoms with Crippen molar-refractivity contribution in [3.05, 3.63) is 78.0 Å². The van der Waals surface area contributed by atoms with E-state index in [1.54, 1.807) is 12.4 Å². The number of aromatic nitrogens is 4. The third-order valence-corrected chi connectivity index (χ3v) is 5.83. The van der Waals surface area contributed by atoms with Crippen molar-refractivity contribution in [2.45, 2.75) is 25.7 Å². The van der Waals surface area contributed by atoms with Crippen LogP contribution in [0.5, 0.6) is 0 Å². The number of benzene rings is 1. The lowest BCUT2D eigenvalue weighted by Crippen LogP contribution is -2.39. The van der Waals surface area contributed by atoms with Crippen LogP contribution in [0.2, 0.25) is 0 Å². The Bertz CT molecular complexity index is 1200. The SMILES string of the molecule is Cc1cnc(-c2cccnc2)nc1[C@@H]1CCCN(C(=O)c2ccc3[nH]ccc3c2)C1. The molecule has 0 spiro atoms. The normalized spacial score (nSPS) is 16.7. The summed E-state index contributed by atoms with van der Waals surface area (Å²) in [4.78, 5) is 31.9. The highest BCUT2D eigenvalue weighted by molar-refractivity contribution is 5.98. The van der Waals surface area contributed by atoms with Gasteiger partial charge in [0.1, 0.15) is 0 Å². The molecule has 1 fully saturated rings. The molecule has 0 unspecified atom stereocenters. The topological polar surface area (TPSA) is 74.8 Å². The first-order valence-corrected chi connectivity index (χ1v) is 10.3. The number of amides is 1. The highest BCUT2D eigenvalue weighted by Gasteiger charge is 2.28. The second-order valence-corrected chi connectivity index (χ2v) is 7.87. The Hall–Kier alpha value is -3.54. The van der Waals surface area contributed by atoms with Gasteiger partial charge >= 0.3 is 0 Å². The molecule has 0 radical (unpaired) electrons. The average Bonchev–Trinajstić information content (AvgIpc) is 3.27. The Balaban J connectivity index is 1.40. The first kappa shape index (κ1) is 18.5. The largest absolute Gasteiger partial charge is 0.361 e. The van der Waals surface area contributed by atoms with Crippen molar-refractivity contribution in [2.75, 3.05) is 13.1 Å². The number of nitrogens with zero attached hydrogens (tertiary/aromatic N) is 4. The van der Waals surface area contributed by atoms with Gasteiger partial charge < -0.3 is 9.88 Å². The molecule has 1 aliphatic heterocycles. The summed E-state index contributed by atoms with van der Waals surface area (Å²) in [6.45, 7) is 3.50. The van der Waals surface area contributed by atoms with Crippen molar-refractivity contribution in [2.24, 2.45) is 0 Å². The number of carbonyl (C=O) groups is 1. The number of likely N-dealkylation sites (tertiary alicyclic amines) is 1. The van der Waals surface area contributed by atoms with Crippen molar-refractivity contribution in [1.82, 2.24) is 24.8 Å². The van der Waals surface area contributed by atoms with Gasteiger partial charge in [0, 0.05) is 65.8 Å². The third kappa shape index (κ3) is 3.45. The summed E-state index contributed by atoms with van der Waals surface area (Å²) < 4.78 is 0. The average molecular weight is 397 g/mol. The predicted molar refractivity (Wildman–Crippen MR) is 116 cm³/mol. The smallest absolute Gasteiger partial charge is 0.253 e. The van der Waals surface area contributed by atoms with E-state index in [0.29, 0.717) is 12.4 Å². The molecule has 4 heterocycles. The molecule has 1 aliphatic rings. The van der Waals surface area contributed by atoms with Gasteiger partial charge in [0.15, 0.2) is 5.82 Å². The first-order valence-electron chi connectivity index (χ1n) is 10.3. The maximum Gasteiger partial charge on any atom is 0.253 e. The molecule has 4 aromatic rings.